The lowest BCUT2D eigenvalue weighted by Crippen LogP contribution is -2.17. The van der Waals surface area contributed by atoms with E-state index in [0.717, 1.165) is 0 Å². The number of non-ortho nitro benzene ring substituents is 1. The molecular formula is C13H13N3O3S. The molecule has 1 aromatic heterocycles. The van der Waals surface area contributed by atoms with E-state index in [1.165, 1.54) is 23.5 Å². The molecule has 0 atom stereocenters. The van der Waals surface area contributed by atoms with E-state index in [2.05, 4.69) is 10.3 Å². The Morgan fingerprint density at radius 1 is 1.45 bits per heavy atom. The predicted octanol–water partition coefficient (Wildman–Crippen LogP) is 3.31. The van der Waals surface area contributed by atoms with Crippen molar-refractivity contribution >= 4 is 28.1 Å². The lowest BCUT2D eigenvalue weighted by atomic mass is 10.1. The van der Waals surface area contributed by atoms with Gasteiger partial charge < -0.3 is 5.32 Å². The van der Waals surface area contributed by atoms with Gasteiger partial charge in [0.2, 0.25) is 5.91 Å². The van der Waals surface area contributed by atoms with E-state index in [-0.39, 0.29) is 17.5 Å². The van der Waals surface area contributed by atoms with Crippen molar-refractivity contribution in [3.63, 3.8) is 0 Å². The molecule has 7 heteroatoms. The van der Waals surface area contributed by atoms with Gasteiger partial charge in [-0.2, -0.15) is 0 Å². The van der Waals surface area contributed by atoms with E-state index >= 15 is 0 Å². The van der Waals surface area contributed by atoms with Crippen LogP contribution in [0.15, 0.2) is 29.6 Å². The summed E-state index contributed by atoms with van der Waals surface area (Å²) in [6.45, 7) is 3.59. The van der Waals surface area contributed by atoms with Crippen LogP contribution in [0, 0.1) is 16.0 Å². The molecule has 1 amide bonds. The Labute approximate surface area is 119 Å². The summed E-state index contributed by atoms with van der Waals surface area (Å²) < 4.78 is 0. The normalized spacial score (nSPS) is 10.6. The number of nitrogens with zero attached hydrogens (tertiary/aromatic N) is 2. The molecule has 0 bridgehead atoms. The van der Waals surface area contributed by atoms with Crippen molar-refractivity contribution < 1.29 is 9.72 Å². The number of nitro benzene ring substituents is 1. The molecule has 104 valence electrons. The second kappa shape index (κ2) is 5.79. The first-order valence-electron chi connectivity index (χ1n) is 5.98. The fourth-order valence-corrected chi connectivity index (χ4v) is 2.21. The molecule has 20 heavy (non-hydrogen) atoms. The van der Waals surface area contributed by atoms with Crippen molar-refractivity contribution in [2.24, 2.45) is 5.92 Å². The van der Waals surface area contributed by atoms with Crippen LogP contribution < -0.4 is 5.32 Å². The molecule has 0 fully saturated rings. The molecule has 0 saturated heterocycles. The number of rotatable bonds is 4. The quantitative estimate of drug-likeness (QED) is 0.691. The number of nitro groups is 1. The van der Waals surface area contributed by atoms with Gasteiger partial charge in [0.15, 0.2) is 5.13 Å². The number of hydrogen-bond acceptors (Lipinski definition) is 5. The molecule has 0 aliphatic heterocycles. The third kappa shape index (κ3) is 3.18. The average Bonchev–Trinajstić information content (AvgIpc) is 2.87. The van der Waals surface area contributed by atoms with E-state index in [4.69, 9.17) is 0 Å². The van der Waals surface area contributed by atoms with E-state index in [1.807, 2.05) is 0 Å². The van der Waals surface area contributed by atoms with Gasteiger partial charge in [-0.05, 0) is 0 Å². The Balaban J connectivity index is 2.22. The Kier molecular flexibility index (Phi) is 4.09. The Hall–Kier alpha value is -2.28. The number of aromatic nitrogens is 1. The van der Waals surface area contributed by atoms with Gasteiger partial charge in [0.1, 0.15) is 0 Å². The number of amides is 1. The van der Waals surface area contributed by atoms with Gasteiger partial charge in [-0.3, -0.25) is 14.9 Å². The summed E-state index contributed by atoms with van der Waals surface area (Å²) in [4.78, 5) is 26.1. The molecule has 0 aliphatic carbocycles. The minimum Gasteiger partial charge on any atom is -0.302 e. The van der Waals surface area contributed by atoms with Crippen LogP contribution in [-0.2, 0) is 4.79 Å². The maximum absolute atomic E-state index is 11.6. The van der Waals surface area contributed by atoms with Crippen molar-refractivity contribution in [3.8, 4) is 11.3 Å². The van der Waals surface area contributed by atoms with Gasteiger partial charge in [-0.25, -0.2) is 4.98 Å². The Morgan fingerprint density at radius 3 is 2.85 bits per heavy atom. The fraction of sp³-hybridized carbons (Fsp3) is 0.231. The summed E-state index contributed by atoms with van der Waals surface area (Å²) in [6, 6.07) is 6.25. The second-order valence-electron chi connectivity index (χ2n) is 4.49. The number of anilines is 1. The molecule has 2 rings (SSSR count). The molecule has 0 aliphatic rings. The van der Waals surface area contributed by atoms with Crippen molar-refractivity contribution in [2.75, 3.05) is 5.32 Å². The van der Waals surface area contributed by atoms with Crippen LogP contribution >= 0.6 is 11.3 Å². The highest BCUT2D eigenvalue weighted by atomic mass is 32.1. The lowest BCUT2D eigenvalue weighted by Gasteiger charge is -2.03. The number of carbonyl (C=O) groups excluding carboxylic acids is 1. The summed E-state index contributed by atoms with van der Waals surface area (Å²) in [5.74, 6) is -0.231. The van der Waals surface area contributed by atoms with Crippen LogP contribution in [0.2, 0.25) is 0 Å². The van der Waals surface area contributed by atoms with Gasteiger partial charge in [0.25, 0.3) is 5.69 Å². The minimum atomic E-state index is -0.447. The molecule has 0 radical (unpaired) electrons. The molecule has 1 aromatic carbocycles. The molecule has 2 aromatic rings. The van der Waals surface area contributed by atoms with Crippen LogP contribution in [0.1, 0.15) is 13.8 Å². The zero-order valence-electron chi connectivity index (χ0n) is 11.0. The van der Waals surface area contributed by atoms with E-state index in [0.29, 0.717) is 16.4 Å². The minimum absolute atomic E-state index is 0.0169. The number of benzene rings is 1. The van der Waals surface area contributed by atoms with Crippen LogP contribution in [-0.4, -0.2) is 15.8 Å². The Morgan fingerprint density at radius 2 is 2.20 bits per heavy atom. The smallest absolute Gasteiger partial charge is 0.270 e. The molecule has 0 spiro atoms. The SMILES string of the molecule is CC(C)C(=O)Nc1nc(-c2cccc([N+](=O)[O-])c2)cs1. The number of carbonyl (C=O) groups is 1. The maximum atomic E-state index is 11.6. The van der Waals surface area contributed by atoms with E-state index in [9.17, 15) is 14.9 Å². The van der Waals surface area contributed by atoms with E-state index < -0.39 is 4.92 Å². The van der Waals surface area contributed by atoms with Crippen molar-refractivity contribution in [1.29, 1.82) is 0 Å². The molecule has 1 heterocycles. The summed E-state index contributed by atoms with van der Waals surface area (Å²) in [5.41, 5.74) is 1.28. The van der Waals surface area contributed by atoms with Crippen LogP contribution in [0.3, 0.4) is 0 Å². The number of thiazole rings is 1. The van der Waals surface area contributed by atoms with Crippen LogP contribution in [0.25, 0.3) is 11.3 Å². The van der Waals surface area contributed by atoms with Gasteiger partial charge in [0, 0.05) is 29.0 Å². The van der Waals surface area contributed by atoms with E-state index in [1.54, 1.807) is 31.4 Å². The summed E-state index contributed by atoms with van der Waals surface area (Å²) in [5, 5.41) is 15.7. The van der Waals surface area contributed by atoms with Gasteiger partial charge in [-0.1, -0.05) is 26.0 Å². The maximum Gasteiger partial charge on any atom is 0.270 e. The summed E-state index contributed by atoms with van der Waals surface area (Å²) >= 11 is 1.29. The molecule has 0 saturated carbocycles. The number of nitrogens with one attached hydrogen (secondary N) is 1. The molecular weight excluding hydrogens is 278 g/mol. The third-order valence-electron chi connectivity index (χ3n) is 2.61. The molecule has 6 nitrogen and oxygen atoms in total. The monoisotopic (exact) mass is 291 g/mol. The highest BCUT2D eigenvalue weighted by Gasteiger charge is 2.12. The topological polar surface area (TPSA) is 85.1 Å². The number of hydrogen-bond donors (Lipinski definition) is 1. The zero-order valence-corrected chi connectivity index (χ0v) is 11.8. The summed E-state index contributed by atoms with van der Waals surface area (Å²) in [6.07, 6.45) is 0. The molecule has 1 N–H and O–H groups in total. The van der Waals surface area contributed by atoms with Crippen LogP contribution in [0.4, 0.5) is 10.8 Å². The van der Waals surface area contributed by atoms with Crippen molar-refractivity contribution in [3.05, 3.63) is 39.8 Å². The largest absolute Gasteiger partial charge is 0.302 e. The first kappa shape index (κ1) is 14.1. The second-order valence-corrected chi connectivity index (χ2v) is 5.35. The standard InChI is InChI=1S/C13H13N3O3S/c1-8(2)12(17)15-13-14-11(7-20-13)9-4-3-5-10(6-9)16(18)19/h3-8H,1-2H3,(H,14,15,17). The predicted molar refractivity (Wildman–Crippen MR) is 77.7 cm³/mol. The average molecular weight is 291 g/mol. The van der Waals surface area contributed by atoms with Crippen molar-refractivity contribution in [1.82, 2.24) is 4.98 Å². The first-order valence-corrected chi connectivity index (χ1v) is 6.86. The first-order chi connectivity index (χ1) is 9.47. The summed E-state index contributed by atoms with van der Waals surface area (Å²) in [7, 11) is 0. The zero-order chi connectivity index (χ0) is 14.7. The Bertz CT molecular complexity index is 652. The lowest BCUT2D eigenvalue weighted by molar-refractivity contribution is -0.384. The van der Waals surface area contributed by atoms with Gasteiger partial charge >= 0.3 is 0 Å². The van der Waals surface area contributed by atoms with Crippen molar-refractivity contribution in [2.45, 2.75) is 13.8 Å². The van der Waals surface area contributed by atoms with Gasteiger partial charge in [-0.15, -0.1) is 11.3 Å². The third-order valence-corrected chi connectivity index (χ3v) is 3.37. The van der Waals surface area contributed by atoms with Crippen LogP contribution in [0.5, 0.6) is 0 Å². The highest BCUT2D eigenvalue weighted by Crippen LogP contribution is 2.27. The fourth-order valence-electron chi connectivity index (χ4n) is 1.49. The molecule has 0 unspecified atom stereocenters. The van der Waals surface area contributed by atoms with Gasteiger partial charge in [0.05, 0.1) is 10.6 Å². The highest BCUT2D eigenvalue weighted by molar-refractivity contribution is 7.14.